The van der Waals surface area contributed by atoms with E-state index in [4.69, 9.17) is 14.5 Å². The summed E-state index contributed by atoms with van der Waals surface area (Å²) in [5.74, 6) is -2.04. The van der Waals surface area contributed by atoms with Crippen LogP contribution >= 0.6 is 0 Å². The number of carbonyl (C=O) groups is 3. The van der Waals surface area contributed by atoms with Crippen LogP contribution in [-0.4, -0.2) is 69.8 Å². The summed E-state index contributed by atoms with van der Waals surface area (Å²) in [6.45, 7) is 14.4. The fourth-order valence-electron chi connectivity index (χ4n) is 7.79. The number of aromatic hydroxyl groups is 1. The maximum atomic E-state index is 14.3. The van der Waals surface area contributed by atoms with Crippen molar-refractivity contribution in [3.63, 3.8) is 0 Å². The summed E-state index contributed by atoms with van der Waals surface area (Å²) in [6.07, 6.45) is 3.15. The quantitative estimate of drug-likeness (QED) is 0.176. The van der Waals surface area contributed by atoms with Gasteiger partial charge in [-0.15, -0.1) is 0 Å². The Labute approximate surface area is 329 Å². The molecule has 12 heteroatoms. The highest BCUT2D eigenvalue weighted by atomic mass is 16.5. The van der Waals surface area contributed by atoms with E-state index in [9.17, 15) is 24.8 Å². The van der Waals surface area contributed by atoms with Crippen molar-refractivity contribution in [2.24, 2.45) is 16.7 Å². The van der Waals surface area contributed by atoms with Crippen LogP contribution in [0.15, 0.2) is 54.7 Å². The van der Waals surface area contributed by atoms with Crippen LogP contribution in [0, 0.1) is 28.1 Å². The summed E-state index contributed by atoms with van der Waals surface area (Å²) in [4.78, 5) is 46.4. The largest absolute Gasteiger partial charge is 0.508 e. The Morgan fingerprint density at radius 2 is 1.95 bits per heavy atom. The first-order valence-electron chi connectivity index (χ1n) is 19.5. The monoisotopic (exact) mass is 762 g/mol. The van der Waals surface area contributed by atoms with Gasteiger partial charge in [0.1, 0.15) is 17.8 Å². The van der Waals surface area contributed by atoms with E-state index in [-0.39, 0.29) is 24.9 Å². The molecule has 4 heterocycles. The van der Waals surface area contributed by atoms with Gasteiger partial charge in [-0.1, -0.05) is 32.9 Å². The molecule has 2 aliphatic heterocycles. The lowest BCUT2D eigenvalue weighted by Crippen LogP contribution is -2.61. The predicted octanol–water partition coefficient (Wildman–Crippen LogP) is 6.64. The number of phenolic OH excluding ortho intramolecular Hbond substituents is 1. The normalized spacial score (nSPS) is 20.1. The molecule has 6 rings (SSSR count). The van der Waals surface area contributed by atoms with Gasteiger partial charge in [0.2, 0.25) is 5.91 Å². The smallest absolute Gasteiger partial charge is 0.324 e. The third-order valence-corrected chi connectivity index (χ3v) is 11.4. The molecule has 1 saturated heterocycles. The number of methoxy groups -OCH3 is 1. The topological polar surface area (TPSA) is 159 Å². The van der Waals surface area contributed by atoms with Crippen molar-refractivity contribution in [1.82, 2.24) is 25.3 Å². The van der Waals surface area contributed by atoms with Gasteiger partial charge in [-0.25, -0.2) is 5.43 Å². The predicted molar refractivity (Wildman–Crippen MR) is 214 cm³/mol. The first kappa shape index (κ1) is 40.4. The van der Waals surface area contributed by atoms with Gasteiger partial charge in [0.25, 0.3) is 5.91 Å². The zero-order valence-electron chi connectivity index (χ0n) is 33.7. The Kier molecular flexibility index (Phi) is 11.6. The van der Waals surface area contributed by atoms with Crippen LogP contribution in [0.5, 0.6) is 5.75 Å². The number of aryl methyl sites for hydroxylation is 1. The second-order valence-electron chi connectivity index (χ2n) is 16.6. The van der Waals surface area contributed by atoms with Crippen LogP contribution in [-0.2, 0) is 43.2 Å². The van der Waals surface area contributed by atoms with Crippen molar-refractivity contribution in [2.45, 2.75) is 98.9 Å². The molecule has 0 radical (unpaired) electrons. The van der Waals surface area contributed by atoms with E-state index < -0.39 is 46.6 Å². The Balaban J connectivity index is 1.54. The molecule has 4 aromatic rings. The van der Waals surface area contributed by atoms with Crippen LogP contribution in [0.2, 0.25) is 0 Å². The minimum absolute atomic E-state index is 0.0177. The molecule has 2 aliphatic rings. The van der Waals surface area contributed by atoms with Crippen molar-refractivity contribution in [2.75, 3.05) is 20.3 Å². The third-order valence-electron chi connectivity index (χ3n) is 11.4. The molecule has 0 unspecified atom stereocenters. The number of hydrazine groups is 1. The Bertz CT molecular complexity index is 2180. The molecule has 0 saturated carbocycles. The second kappa shape index (κ2) is 16.1. The number of phenols is 1. The van der Waals surface area contributed by atoms with Crippen LogP contribution in [0.25, 0.3) is 33.3 Å². The number of nitrogens with one attached hydrogen (secondary N) is 2. The number of cyclic esters (lactones) is 1. The summed E-state index contributed by atoms with van der Waals surface area (Å²) >= 11 is 0. The molecule has 6 bridgehead atoms. The second-order valence-corrected chi connectivity index (χ2v) is 16.6. The molecular weight excluding hydrogens is 709 g/mol. The van der Waals surface area contributed by atoms with Crippen molar-refractivity contribution in [3.05, 3.63) is 71.5 Å². The van der Waals surface area contributed by atoms with Gasteiger partial charge in [0.05, 0.1) is 41.5 Å². The number of carbonyl (C=O) groups excluding carboxylic acids is 3. The average molecular weight is 763 g/mol. The summed E-state index contributed by atoms with van der Waals surface area (Å²) in [5.41, 5.74) is 8.73. The Morgan fingerprint density at radius 3 is 2.66 bits per heavy atom. The molecule has 0 spiro atoms. The van der Waals surface area contributed by atoms with E-state index in [1.165, 1.54) is 5.01 Å². The molecule has 2 aromatic heterocycles. The molecule has 2 aromatic carbocycles. The first-order valence-corrected chi connectivity index (χ1v) is 19.5. The number of hydrogen-bond donors (Lipinski definition) is 3. The molecule has 2 amide bonds. The highest BCUT2D eigenvalue weighted by molar-refractivity contribution is 5.95. The van der Waals surface area contributed by atoms with Gasteiger partial charge >= 0.3 is 5.97 Å². The van der Waals surface area contributed by atoms with E-state index in [1.54, 1.807) is 46.2 Å². The average Bonchev–Trinajstić information content (AvgIpc) is 3.49. The van der Waals surface area contributed by atoms with Crippen LogP contribution < -0.4 is 10.7 Å². The summed E-state index contributed by atoms with van der Waals surface area (Å²) in [5, 5.41) is 26.2. The number of benzene rings is 2. The number of ether oxygens (including phenoxy) is 2. The first-order chi connectivity index (χ1) is 26.6. The summed E-state index contributed by atoms with van der Waals surface area (Å²) in [7, 11) is 1.67. The zero-order valence-corrected chi connectivity index (χ0v) is 33.7. The van der Waals surface area contributed by atoms with Gasteiger partial charge in [-0.2, -0.15) is 5.26 Å². The van der Waals surface area contributed by atoms with Crippen molar-refractivity contribution in [1.29, 1.82) is 5.26 Å². The lowest BCUT2D eigenvalue weighted by molar-refractivity contribution is -0.155. The van der Waals surface area contributed by atoms with Gasteiger partial charge < -0.3 is 24.5 Å². The number of hydrogen-bond acceptors (Lipinski definition) is 9. The molecule has 12 nitrogen and oxygen atoms in total. The van der Waals surface area contributed by atoms with Gasteiger partial charge in [0.15, 0.2) is 0 Å². The number of esters is 1. The third kappa shape index (κ3) is 8.15. The van der Waals surface area contributed by atoms with E-state index in [0.717, 1.165) is 44.5 Å². The molecule has 56 heavy (non-hydrogen) atoms. The minimum Gasteiger partial charge on any atom is -0.508 e. The Hall–Kier alpha value is -5.25. The molecule has 296 valence electrons. The van der Waals surface area contributed by atoms with Gasteiger partial charge in [-0.05, 0) is 106 Å². The molecular formula is C44H54N6O6. The van der Waals surface area contributed by atoms with Gasteiger partial charge in [-0.3, -0.25) is 24.4 Å². The van der Waals surface area contributed by atoms with Crippen LogP contribution in [0.3, 0.4) is 0 Å². The lowest BCUT2D eigenvalue weighted by Gasteiger charge is -2.36. The zero-order chi connectivity index (χ0) is 40.5. The fourth-order valence-corrected chi connectivity index (χ4v) is 7.79. The highest BCUT2D eigenvalue weighted by Crippen LogP contribution is 2.42. The van der Waals surface area contributed by atoms with E-state index in [1.807, 2.05) is 25.1 Å². The maximum absolute atomic E-state index is 14.3. The number of nitrogens with zero attached hydrogens (tertiary/aromatic N) is 4. The van der Waals surface area contributed by atoms with Crippen LogP contribution in [0.1, 0.15) is 84.2 Å². The SMILES string of the molecule is CCn1c(-c2cccnc2[C@H](C)OC)c2c3cc(ccc31)-c1cc(O)cc(c1)C[C@H](NC(=O)[C@@H](C)C(C)(C)C#N)C(=O)N1CCC[C@H](N1)C(=O)OCC(C)(C)C2. The standard InChI is InChI=1S/C44H54N6O6/c1-9-49-37-15-14-29-22-33(37)34(39(49)32-12-10-16-46-38(32)27(3)55-8)23-43(4,5)25-56-42(54)35-13-11-17-50(48-35)41(53)36(20-28-18-30(29)21-31(51)19-28)47-40(52)26(2)44(6,7)24-45/h10,12,14-16,18-19,21-22,26-27,35-36,48,51H,9,11,13,17,20,23,25H2,1-8H3,(H,47,52)/t26-,27+,35+,36+/m1/s1. The highest BCUT2D eigenvalue weighted by Gasteiger charge is 2.38. The number of fused-ring (bicyclic) bond motifs is 6. The number of aromatic nitrogens is 2. The van der Waals surface area contributed by atoms with Gasteiger partial charge in [0, 0.05) is 54.7 Å². The lowest BCUT2D eigenvalue weighted by atomic mass is 9.80. The van der Waals surface area contributed by atoms with E-state index in [0.29, 0.717) is 37.9 Å². The number of amides is 2. The summed E-state index contributed by atoms with van der Waals surface area (Å²) in [6, 6.07) is 15.9. The Morgan fingerprint density at radius 1 is 1.18 bits per heavy atom. The fraction of sp³-hybridized carbons (Fsp3) is 0.477. The van der Waals surface area contributed by atoms with Crippen molar-refractivity contribution >= 4 is 28.7 Å². The molecule has 4 atom stereocenters. The van der Waals surface area contributed by atoms with E-state index in [2.05, 4.69) is 60.3 Å². The maximum Gasteiger partial charge on any atom is 0.324 e. The molecule has 3 N–H and O–H groups in total. The van der Waals surface area contributed by atoms with Crippen molar-refractivity contribution in [3.8, 4) is 34.2 Å². The molecule has 1 fully saturated rings. The number of pyridine rings is 1. The minimum atomic E-state index is -1.06. The van der Waals surface area contributed by atoms with E-state index >= 15 is 0 Å². The van der Waals surface area contributed by atoms with Crippen molar-refractivity contribution < 1.29 is 29.0 Å². The number of nitriles is 1. The molecule has 0 aliphatic carbocycles. The summed E-state index contributed by atoms with van der Waals surface area (Å²) < 4.78 is 14.1. The number of rotatable bonds is 7. The van der Waals surface area contributed by atoms with Crippen LogP contribution in [0.4, 0.5) is 0 Å².